The molecule has 0 saturated heterocycles. The molecule has 132 valence electrons. The molecule has 1 aromatic rings. The smallest absolute Gasteiger partial charge is 0.0704 e. The van der Waals surface area contributed by atoms with Crippen molar-refractivity contribution in [2.24, 2.45) is 5.73 Å². The fourth-order valence-electron chi connectivity index (χ4n) is 3.41. The second-order valence-electron chi connectivity index (χ2n) is 6.55. The van der Waals surface area contributed by atoms with Gasteiger partial charge in [-0.2, -0.15) is 0 Å². The van der Waals surface area contributed by atoms with Gasteiger partial charge in [0.15, 0.2) is 0 Å². The topological polar surface area (TPSA) is 44.5 Å². The quantitative estimate of drug-likeness (QED) is 0.528. The van der Waals surface area contributed by atoms with Gasteiger partial charge in [-0.3, -0.25) is 0 Å². The van der Waals surface area contributed by atoms with Crippen molar-refractivity contribution in [2.45, 2.75) is 57.5 Å². The van der Waals surface area contributed by atoms with Crippen LogP contribution in [0.4, 0.5) is 0 Å². The van der Waals surface area contributed by atoms with Gasteiger partial charge in [-0.15, -0.1) is 12.3 Å². The van der Waals surface area contributed by atoms with E-state index in [2.05, 4.69) is 31.0 Å². The summed E-state index contributed by atoms with van der Waals surface area (Å²) in [5, 5.41) is 0. The van der Waals surface area contributed by atoms with E-state index in [0.29, 0.717) is 38.3 Å². The monoisotopic (exact) mass is 329 g/mol. The third-order valence-corrected chi connectivity index (χ3v) is 4.78. The minimum Gasteiger partial charge on any atom is -0.378 e. The minimum atomic E-state index is 0.306. The number of hydrogen-bond acceptors (Lipinski definition) is 3. The van der Waals surface area contributed by atoms with Gasteiger partial charge in [0.2, 0.25) is 0 Å². The molecule has 0 aliphatic heterocycles. The highest BCUT2D eigenvalue weighted by Gasteiger charge is 2.20. The van der Waals surface area contributed by atoms with E-state index in [1.165, 1.54) is 29.5 Å². The average molecular weight is 329 g/mol. The normalized spacial score (nSPS) is 18.0. The van der Waals surface area contributed by atoms with Gasteiger partial charge in [0.1, 0.15) is 0 Å². The lowest BCUT2D eigenvalue weighted by Crippen LogP contribution is -2.24. The average Bonchev–Trinajstić information content (AvgIpc) is 2.62. The first-order chi connectivity index (χ1) is 11.8. The lowest BCUT2D eigenvalue weighted by molar-refractivity contribution is 0.000647. The van der Waals surface area contributed by atoms with Gasteiger partial charge >= 0.3 is 0 Å². The van der Waals surface area contributed by atoms with Crippen LogP contribution in [0.15, 0.2) is 18.2 Å². The Balaban J connectivity index is 1.82. The van der Waals surface area contributed by atoms with E-state index >= 15 is 0 Å². The number of ether oxygens (including phenoxy) is 2. The maximum Gasteiger partial charge on any atom is 0.0704 e. The third-order valence-electron chi connectivity index (χ3n) is 4.78. The number of fused-ring (bicyclic) bond motifs is 1. The standard InChI is InChI=1S/C21H31NO2/c1-3-5-11-23-12-13-24-21-10-9-17-14-18(7-8-19(17)15-21)20(16-22)6-4-2/h1,7-8,14,20-21H,4-6,9-13,15-16,22H2,2H3. The van der Waals surface area contributed by atoms with E-state index in [0.717, 1.165) is 25.8 Å². The van der Waals surface area contributed by atoms with Gasteiger partial charge in [-0.05, 0) is 54.8 Å². The second-order valence-corrected chi connectivity index (χ2v) is 6.55. The Labute approximate surface area is 146 Å². The highest BCUT2D eigenvalue weighted by Crippen LogP contribution is 2.28. The maximum absolute atomic E-state index is 5.96. The molecule has 0 bridgehead atoms. The largest absolute Gasteiger partial charge is 0.378 e. The van der Waals surface area contributed by atoms with Crippen molar-refractivity contribution in [3.05, 3.63) is 34.9 Å². The van der Waals surface area contributed by atoms with Gasteiger partial charge in [0, 0.05) is 6.42 Å². The van der Waals surface area contributed by atoms with Crippen LogP contribution < -0.4 is 5.73 Å². The van der Waals surface area contributed by atoms with Crippen molar-refractivity contribution in [1.29, 1.82) is 0 Å². The second kappa shape index (κ2) is 10.5. The Morgan fingerprint density at radius 3 is 2.92 bits per heavy atom. The summed E-state index contributed by atoms with van der Waals surface area (Å²) in [4.78, 5) is 0. The molecule has 2 unspecified atom stereocenters. The molecule has 0 fully saturated rings. The van der Waals surface area contributed by atoms with Crippen LogP contribution in [-0.4, -0.2) is 32.5 Å². The molecule has 1 aromatic carbocycles. The van der Waals surface area contributed by atoms with E-state index < -0.39 is 0 Å². The lowest BCUT2D eigenvalue weighted by atomic mass is 9.85. The van der Waals surface area contributed by atoms with Crippen molar-refractivity contribution < 1.29 is 9.47 Å². The van der Waals surface area contributed by atoms with Crippen molar-refractivity contribution in [1.82, 2.24) is 0 Å². The molecule has 1 aliphatic rings. The van der Waals surface area contributed by atoms with Crippen molar-refractivity contribution in [3.8, 4) is 12.3 Å². The zero-order chi connectivity index (χ0) is 17.2. The van der Waals surface area contributed by atoms with Crippen molar-refractivity contribution in [3.63, 3.8) is 0 Å². The number of terminal acetylenes is 1. The summed E-state index contributed by atoms with van der Waals surface area (Å²) in [6.45, 7) is 4.85. The molecule has 0 saturated carbocycles. The van der Waals surface area contributed by atoms with E-state index in [1.54, 1.807) is 0 Å². The Morgan fingerprint density at radius 1 is 1.29 bits per heavy atom. The SMILES string of the molecule is C#CCCOCCOC1CCc2cc(C(CN)CCC)ccc2C1. The molecule has 1 aliphatic carbocycles. The molecule has 2 atom stereocenters. The zero-order valence-corrected chi connectivity index (χ0v) is 14.9. The van der Waals surface area contributed by atoms with Crippen LogP contribution in [0.1, 0.15) is 55.2 Å². The molecule has 2 rings (SSSR count). The molecule has 0 aromatic heterocycles. The molecule has 0 heterocycles. The van der Waals surface area contributed by atoms with Gasteiger partial charge < -0.3 is 15.2 Å². The predicted molar refractivity (Wildman–Crippen MR) is 99.2 cm³/mol. The number of benzene rings is 1. The molecule has 0 radical (unpaired) electrons. The molecular weight excluding hydrogens is 298 g/mol. The molecule has 2 N–H and O–H groups in total. The van der Waals surface area contributed by atoms with Crippen LogP contribution in [0.2, 0.25) is 0 Å². The molecule has 3 nitrogen and oxygen atoms in total. The van der Waals surface area contributed by atoms with Crippen molar-refractivity contribution in [2.75, 3.05) is 26.4 Å². The van der Waals surface area contributed by atoms with Crippen LogP contribution in [0.5, 0.6) is 0 Å². The van der Waals surface area contributed by atoms with E-state index in [1.807, 2.05) is 0 Å². The number of rotatable bonds is 10. The van der Waals surface area contributed by atoms with Crippen molar-refractivity contribution >= 4 is 0 Å². The molecular formula is C21H31NO2. The van der Waals surface area contributed by atoms with Gasteiger partial charge in [-0.25, -0.2) is 0 Å². The fourth-order valence-corrected chi connectivity index (χ4v) is 3.41. The number of hydrogen-bond donors (Lipinski definition) is 1. The predicted octanol–water partition coefficient (Wildman–Crippen LogP) is 3.44. The lowest BCUT2D eigenvalue weighted by Gasteiger charge is -2.26. The summed E-state index contributed by atoms with van der Waals surface area (Å²) < 4.78 is 11.4. The van der Waals surface area contributed by atoms with Crippen LogP contribution >= 0.6 is 0 Å². The van der Waals surface area contributed by atoms with E-state index in [-0.39, 0.29) is 0 Å². The highest BCUT2D eigenvalue weighted by molar-refractivity contribution is 5.36. The summed E-state index contributed by atoms with van der Waals surface area (Å²) in [7, 11) is 0. The first-order valence-electron chi connectivity index (χ1n) is 9.23. The van der Waals surface area contributed by atoms with Gasteiger partial charge in [0.25, 0.3) is 0 Å². The summed E-state index contributed by atoms with van der Waals surface area (Å²) in [6, 6.07) is 6.92. The van der Waals surface area contributed by atoms with Crippen LogP contribution in [-0.2, 0) is 22.3 Å². The highest BCUT2D eigenvalue weighted by atomic mass is 16.5. The Kier molecular flexibility index (Phi) is 8.32. The van der Waals surface area contributed by atoms with E-state index in [4.69, 9.17) is 21.6 Å². The van der Waals surface area contributed by atoms with Gasteiger partial charge in [0.05, 0.1) is 25.9 Å². The van der Waals surface area contributed by atoms with Crippen LogP contribution in [0.25, 0.3) is 0 Å². The molecule has 0 amide bonds. The number of nitrogens with two attached hydrogens (primary N) is 1. The summed E-state index contributed by atoms with van der Waals surface area (Å²) >= 11 is 0. The molecule has 3 heteroatoms. The van der Waals surface area contributed by atoms with E-state index in [9.17, 15) is 0 Å². The Morgan fingerprint density at radius 2 is 2.17 bits per heavy atom. The first kappa shape index (κ1) is 19.0. The van der Waals surface area contributed by atoms with Crippen LogP contribution in [0.3, 0.4) is 0 Å². The fraction of sp³-hybridized carbons (Fsp3) is 0.619. The van der Waals surface area contributed by atoms with Crippen LogP contribution in [0, 0.1) is 12.3 Å². The molecule has 0 spiro atoms. The third kappa shape index (κ3) is 5.63. The number of aryl methyl sites for hydroxylation is 1. The summed E-state index contributed by atoms with van der Waals surface area (Å²) in [6.07, 6.45) is 11.7. The summed E-state index contributed by atoms with van der Waals surface area (Å²) in [5.74, 6) is 3.06. The van der Waals surface area contributed by atoms with Gasteiger partial charge in [-0.1, -0.05) is 31.5 Å². The minimum absolute atomic E-state index is 0.306. The molecule has 24 heavy (non-hydrogen) atoms. The first-order valence-corrected chi connectivity index (χ1v) is 9.23. The maximum atomic E-state index is 5.96. The Hall–Kier alpha value is -1.34. The summed E-state index contributed by atoms with van der Waals surface area (Å²) in [5.41, 5.74) is 10.3. The zero-order valence-electron chi connectivity index (χ0n) is 14.9. The Bertz CT molecular complexity index is 535.